The van der Waals surface area contributed by atoms with Crippen LogP contribution in [-0.4, -0.2) is 29.4 Å². The van der Waals surface area contributed by atoms with E-state index in [9.17, 15) is 5.11 Å². The fourth-order valence-corrected chi connectivity index (χ4v) is 2.69. The van der Waals surface area contributed by atoms with E-state index in [1.807, 2.05) is 54.7 Å². The molecule has 4 nitrogen and oxygen atoms in total. The number of rotatable bonds is 9. The van der Waals surface area contributed by atoms with Crippen LogP contribution in [-0.2, 0) is 6.42 Å². The molecule has 0 amide bonds. The maximum Gasteiger partial charge on any atom is 0.120 e. The number of fused-ring (bicyclic) bond motifs is 1. The number of aromatic nitrogens is 1. The summed E-state index contributed by atoms with van der Waals surface area (Å²) in [5.41, 5.74) is 1.12. The summed E-state index contributed by atoms with van der Waals surface area (Å²) < 4.78 is 11.3. The van der Waals surface area contributed by atoms with Crippen molar-refractivity contribution in [3.05, 3.63) is 79.1 Å². The van der Waals surface area contributed by atoms with Gasteiger partial charge in [0.05, 0.1) is 6.10 Å². The van der Waals surface area contributed by atoms with E-state index in [-0.39, 0.29) is 6.61 Å². The highest BCUT2D eigenvalue weighted by atomic mass is 16.5. The van der Waals surface area contributed by atoms with Gasteiger partial charge in [0, 0.05) is 12.4 Å². The first-order valence-corrected chi connectivity index (χ1v) is 8.72. The molecule has 0 aliphatic carbocycles. The molecule has 0 radical (unpaired) electrons. The van der Waals surface area contributed by atoms with Gasteiger partial charge in [-0.15, -0.1) is 0 Å². The van der Waals surface area contributed by atoms with Crippen LogP contribution < -0.4 is 9.47 Å². The lowest BCUT2D eigenvalue weighted by atomic mass is 10.1. The molecule has 0 aliphatic rings. The van der Waals surface area contributed by atoms with E-state index in [4.69, 9.17) is 9.47 Å². The van der Waals surface area contributed by atoms with E-state index in [1.54, 1.807) is 12.3 Å². The highest BCUT2D eigenvalue weighted by Crippen LogP contribution is 2.25. The second-order valence-corrected chi connectivity index (χ2v) is 6.14. The summed E-state index contributed by atoms with van der Waals surface area (Å²) in [6.07, 6.45) is 6.18. The second-order valence-electron chi connectivity index (χ2n) is 6.14. The van der Waals surface area contributed by atoms with Gasteiger partial charge in [-0.25, -0.2) is 0 Å². The second kappa shape index (κ2) is 9.02. The minimum Gasteiger partial charge on any atom is -0.491 e. The zero-order valence-corrected chi connectivity index (χ0v) is 14.7. The van der Waals surface area contributed by atoms with Crippen molar-refractivity contribution in [2.24, 2.45) is 0 Å². The molecule has 0 spiro atoms. The molecule has 0 bridgehead atoms. The number of hydrogen-bond acceptors (Lipinski definition) is 4. The van der Waals surface area contributed by atoms with E-state index in [0.29, 0.717) is 13.0 Å². The SMILES string of the molecule is C=CCOc1ccc2ccc(OCC(O)CCc3cccnc3)cc2c1. The molecule has 26 heavy (non-hydrogen) atoms. The first kappa shape index (κ1) is 18.0. The van der Waals surface area contributed by atoms with Gasteiger partial charge >= 0.3 is 0 Å². The summed E-state index contributed by atoms with van der Waals surface area (Å²) in [7, 11) is 0. The Morgan fingerprint density at radius 3 is 2.50 bits per heavy atom. The molecule has 0 saturated carbocycles. The summed E-state index contributed by atoms with van der Waals surface area (Å²) in [5.74, 6) is 1.53. The predicted octanol–water partition coefficient (Wildman–Crippen LogP) is 4.17. The van der Waals surface area contributed by atoms with Crippen LogP contribution in [0, 0.1) is 0 Å². The van der Waals surface area contributed by atoms with E-state index < -0.39 is 6.10 Å². The van der Waals surface area contributed by atoms with Gasteiger partial charge in [-0.3, -0.25) is 4.98 Å². The maximum absolute atomic E-state index is 10.2. The van der Waals surface area contributed by atoms with Crippen LogP contribution in [0.3, 0.4) is 0 Å². The first-order valence-electron chi connectivity index (χ1n) is 8.72. The van der Waals surface area contributed by atoms with Gasteiger partial charge in [0.15, 0.2) is 0 Å². The van der Waals surface area contributed by atoms with Gasteiger partial charge in [-0.1, -0.05) is 30.9 Å². The summed E-state index contributed by atoms with van der Waals surface area (Å²) in [4.78, 5) is 4.08. The summed E-state index contributed by atoms with van der Waals surface area (Å²) in [5, 5.41) is 12.3. The van der Waals surface area contributed by atoms with E-state index in [0.717, 1.165) is 34.3 Å². The number of aryl methyl sites for hydroxylation is 1. The van der Waals surface area contributed by atoms with Crippen LogP contribution >= 0.6 is 0 Å². The van der Waals surface area contributed by atoms with Gasteiger partial charge in [0.2, 0.25) is 0 Å². The third-order valence-electron chi connectivity index (χ3n) is 4.08. The Morgan fingerprint density at radius 1 is 1.04 bits per heavy atom. The van der Waals surface area contributed by atoms with Crippen LogP contribution in [0.5, 0.6) is 11.5 Å². The lowest BCUT2D eigenvalue weighted by Gasteiger charge is -2.13. The molecular weight excluding hydrogens is 326 g/mol. The van der Waals surface area contributed by atoms with Crippen molar-refractivity contribution in [1.82, 2.24) is 4.98 Å². The molecule has 1 N–H and O–H groups in total. The Bertz CT molecular complexity index is 848. The van der Waals surface area contributed by atoms with Crippen LogP contribution in [0.25, 0.3) is 10.8 Å². The van der Waals surface area contributed by atoms with Crippen LogP contribution in [0.1, 0.15) is 12.0 Å². The highest BCUT2D eigenvalue weighted by Gasteiger charge is 2.07. The predicted molar refractivity (Wildman–Crippen MR) is 104 cm³/mol. The Morgan fingerprint density at radius 2 is 1.81 bits per heavy atom. The van der Waals surface area contributed by atoms with Gasteiger partial charge in [-0.2, -0.15) is 0 Å². The molecule has 1 aromatic heterocycles. The Kier molecular flexibility index (Phi) is 6.23. The third kappa shape index (κ3) is 5.07. The molecule has 0 saturated heterocycles. The Labute approximate surface area is 153 Å². The average Bonchev–Trinajstić information content (AvgIpc) is 2.69. The monoisotopic (exact) mass is 349 g/mol. The molecule has 3 aromatic rings. The van der Waals surface area contributed by atoms with Crippen molar-refractivity contribution in [2.75, 3.05) is 13.2 Å². The molecule has 134 valence electrons. The normalized spacial score (nSPS) is 11.9. The van der Waals surface area contributed by atoms with Gasteiger partial charge < -0.3 is 14.6 Å². The summed E-state index contributed by atoms with van der Waals surface area (Å²) in [6, 6.07) is 15.7. The van der Waals surface area contributed by atoms with Gasteiger partial charge in [0.1, 0.15) is 24.7 Å². The van der Waals surface area contributed by atoms with Crippen molar-refractivity contribution in [1.29, 1.82) is 0 Å². The average molecular weight is 349 g/mol. The van der Waals surface area contributed by atoms with Crippen LogP contribution in [0.15, 0.2) is 73.6 Å². The van der Waals surface area contributed by atoms with E-state index in [2.05, 4.69) is 11.6 Å². The van der Waals surface area contributed by atoms with E-state index in [1.165, 1.54) is 0 Å². The fourth-order valence-electron chi connectivity index (χ4n) is 2.69. The number of nitrogens with zero attached hydrogens (tertiary/aromatic N) is 1. The lowest BCUT2D eigenvalue weighted by Crippen LogP contribution is -2.18. The molecule has 1 unspecified atom stereocenters. The quantitative estimate of drug-likeness (QED) is 0.589. The molecule has 2 aromatic carbocycles. The minimum absolute atomic E-state index is 0.262. The Balaban J connectivity index is 1.56. The molecule has 0 aliphatic heterocycles. The van der Waals surface area contributed by atoms with Crippen LogP contribution in [0.4, 0.5) is 0 Å². The molecular formula is C22H23NO3. The molecule has 1 atom stereocenters. The number of aliphatic hydroxyl groups excluding tert-OH is 1. The smallest absolute Gasteiger partial charge is 0.120 e. The fraction of sp³-hybridized carbons (Fsp3) is 0.227. The molecule has 0 fully saturated rings. The minimum atomic E-state index is -0.520. The zero-order valence-electron chi connectivity index (χ0n) is 14.7. The lowest BCUT2D eigenvalue weighted by molar-refractivity contribution is 0.100. The number of aliphatic hydroxyl groups is 1. The number of hydrogen-bond donors (Lipinski definition) is 1. The molecule has 3 rings (SSSR count). The zero-order chi connectivity index (χ0) is 18.2. The van der Waals surface area contributed by atoms with Crippen LogP contribution in [0.2, 0.25) is 0 Å². The summed E-state index contributed by atoms with van der Waals surface area (Å²) >= 11 is 0. The maximum atomic E-state index is 10.2. The van der Waals surface area contributed by atoms with Crippen molar-refractivity contribution in [2.45, 2.75) is 18.9 Å². The Hall–Kier alpha value is -2.85. The summed E-state index contributed by atoms with van der Waals surface area (Å²) in [6.45, 7) is 4.39. The molecule has 1 heterocycles. The van der Waals surface area contributed by atoms with Crippen molar-refractivity contribution < 1.29 is 14.6 Å². The first-order chi connectivity index (χ1) is 12.7. The third-order valence-corrected chi connectivity index (χ3v) is 4.08. The van der Waals surface area contributed by atoms with Gasteiger partial charge in [0.25, 0.3) is 0 Å². The van der Waals surface area contributed by atoms with Crippen molar-refractivity contribution in [3.63, 3.8) is 0 Å². The van der Waals surface area contributed by atoms with Crippen molar-refractivity contribution >= 4 is 10.8 Å². The van der Waals surface area contributed by atoms with Crippen molar-refractivity contribution in [3.8, 4) is 11.5 Å². The number of benzene rings is 2. The molecule has 4 heteroatoms. The number of ether oxygens (including phenoxy) is 2. The topological polar surface area (TPSA) is 51.6 Å². The highest BCUT2D eigenvalue weighted by molar-refractivity contribution is 5.85. The standard InChI is InChI=1S/C22H23NO3/c1-2-12-25-21-9-6-18-7-10-22(14-19(18)13-21)26-16-20(24)8-5-17-4-3-11-23-15-17/h2-4,6-7,9-11,13-15,20,24H,1,5,8,12,16H2. The van der Waals surface area contributed by atoms with Gasteiger partial charge in [-0.05, 0) is 59.5 Å². The number of pyridine rings is 1. The van der Waals surface area contributed by atoms with E-state index >= 15 is 0 Å². The largest absolute Gasteiger partial charge is 0.491 e.